The van der Waals surface area contributed by atoms with E-state index in [4.69, 9.17) is 21.1 Å². The fraction of sp³-hybridized carbons (Fsp3) is 0.316. The molecule has 0 saturated heterocycles. The number of ether oxygens (including phenoxy) is 2. The number of halogens is 1. The Morgan fingerprint density at radius 1 is 1.17 bits per heavy atom. The van der Waals surface area contributed by atoms with Crippen molar-refractivity contribution in [2.24, 2.45) is 0 Å². The third kappa shape index (κ3) is 2.94. The molecular weight excluding hydrogens is 326 g/mol. The minimum atomic E-state index is -0.166. The summed E-state index contributed by atoms with van der Waals surface area (Å²) in [6.45, 7) is 0.633. The van der Waals surface area contributed by atoms with Crippen molar-refractivity contribution in [2.45, 2.75) is 12.5 Å². The number of nitrogens with zero attached hydrogens (tertiary/aromatic N) is 1. The van der Waals surface area contributed by atoms with Gasteiger partial charge in [0, 0.05) is 6.54 Å². The lowest BCUT2D eigenvalue weighted by Gasteiger charge is -2.38. The summed E-state index contributed by atoms with van der Waals surface area (Å²) in [5, 5.41) is 0. The van der Waals surface area contributed by atoms with E-state index in [-0.39, 0.29) is 17.8 Å². The highest BCUT2D eigenvalue weighted by atomic mass is 35.5. The number of amides is 1. The molecule has 0 aliphatic carbocycles. The zero-order chi connectivity index (χ0) is 17.1. The molecule has 1 aliphatic heterocycles. The largest absolute Gasteiger partial charge is 0.493 e. The van der Waals surface area contributed by atoms with Crippen LogP contribution in [0.5, 0.6) is 11.5 Å². The molecule has 2 aromatic rings. The molecule has 3 rings (SSSR count). The summed E-state index contributed by atoms with van der Waals surface area (Å²) in [5.74, 6) is 1.29. The summed E-state index contributed by atoms with van der Waals surface area (Å²) < 4.78 is 10.9. The molecule has 0 bridgehead atoms. The molecule has 1 heterocycles. The van der Waals surface area contributed by atoms with Crippen LogP contribution in [0.3, 0.4) is 0 Å². The zero-order valence-corrected chi connectivity index (χ0v) is 14.5. The molecule has 1 amide bonds. The van der Waals surface area contributed by atoms with Gasteiger partial charge in [-0.05, 0) is 35.2 Å². The van der Waals surface area contributed by atoms with Crippen LogP contribution >= 0.6 is 11.6 Å². The fourth-order valence-electron chi connectivity index (χ4n) is 3.29. The second kappa shape index (κ2) is 7.14. The molecule has 5 heteroatoms. The maximum Gasteiger partial charge on any atom is 0.238 e. The summed E-state index contributed by atoms with van der Waals surface area (Å²) in [7, 11) is 3.25. The molecule has 0 unspecified atom stereocenters. The number of fused-ring (bicyclic) bond motifs is 1. The van der Waals surface area contributed by atoms with Gasteiger partial charge in [0.25, 0.3) is 0 Å². The second-order valence-corrected chi connectivity index (χ2v) is 5.96. The lowest BCUT2D eigenvalue weighted by molar-refractivity contribution is -0.130. The zero-order valence-electron chi connectivity index (χ0n) is 13.8. The predicted octanol–water partition coefficient (Wildman–Crippen LogP) is 3.42. The SMILES string of the molecule is COc1cc2c(cc1OC)[C@H](c1ccccc1)N(C(=O)CCl)CC2. The van der Waals surface area contributed by atoms with Gasteiger partial charge in [-0.3, -0.25) is 4.79 Å². The van der Waals surface area contributed by atoms with Crippen LogP contribution in [0.2, 0.25) is 0 Å². The van der Waals surface area contributed by atoms with E-state index >= 15 is 0 Å². The van der Waals surface area contributed by atoms with E-state index in [0.29, 0.717) is 18.0 Å². The number of alkyl halides is 1. The molecule has 0 fully saturated rings. The maximum absolute atomic E-state index is 12.4. The van der Waals surface area contributed by atoms with E-state index in [9.17, 15) is 4.79 Å². The minimum Gasteiger partial charge on any atom is -0.493 e. The molecule has 0 aromatic heterocycles. The van der Waals surface area contributed by atoms with Gasteiger partial charge in [0.05, 0.1) is 20.3 Å². The van der Waals surface area contributed by atoms with Crippen LogP contribution < -0.4 is 9.47 Å². The average molecular weight is 346 g/mol. The molecule has 126 valence electrons. The highest BCUT2D eigenvalue weighted by molar-refractivity contribution is 6.27. The Hall–Kier alpha value is -2.20. The Morgan fingerprint density at radius 2 is 1.83 bits per heavy atom. The van der Waals surface area contributed by atoms with Gasteiger partial charge in [-0.1, -0.05) is 30.3 Å². The molecule has 1 aliphatic rings. The van der Waals surface area contributed by atoms with Crippen molar-refractivity contribution >= 4 is 17.5 Å². The molecule has 0 saturated carbocycles. The first-order chi connectivity index (χ1) is 11.7. The van der Waals surface area contributed by atoms with E-state index in [0.717, 1.165) is 17.5 Å². The van der Waals surface area contributed by atoms with E-state index < -0.39 is 0 Å². The Kier molecular flexibility index (Phi) is 4.95. The second-order valence-electron chi connectivity index (χ2n) is 5.69. The van der Waals surface area contributed by atoms with Crippen molar-refractivity contribution in [2.75, 3.05) is 26.6 Å². The third-order valence-corrected chi connectivity index (χ3v) is 4.65. The van der Waals surface area contributed by atoms with Gasteiger partial charge in [-0.25, -0.2) is 0 Å². The van der Waals surface area contributed by atoms with Gasteiger partial charge in [-0.2, -0.15) is 0 Å². The summed E-state index contributed by atoms with van der Waals surface area (Å²) in [6, 6.07) is 13.8. The Morgan fingerprint density at radius 3 is 2.46 bits per heavy atom. The maximum atomic E-state index is 12.4. The third-order valence-electron chi connectivity index (χ3n) is 4.42. The van der Waals surface area contributed by atoms with Gasteiger partial charge >= 0.3 is 0 Å². The highest BCUT2D eigenvalue weighted by Gasteiger charge is 2.32. The number of carbonyl (C=O) groups is 1. The smallest absolute Gasteiger partial charge is 0.238 e. The predicted molar refractivity (Wildman–Crippen MR) is 94.0 cm³/mol. The number of methoxy groups -OCH3 is 2. The summed E-state index contributed by atoms with van der Waals surface area (Å²) in [6.07, 6.45) is 0.766. The Labute approximate surface area is 146 Å². The van der Waals surface area contributed by atoms with E-state index in [2.05, 4.69) is 0 Å². The lowest BCUT2D eigenvalue weighted by Crippen LogP contribution is -2.41. The van der Waals surface area contributed by atoms with Gasteiger partial charge in [0.15, 0.2) is 11.5 Å². The molecule has 2 aromatic carbocycles. The molecule has 0 radical (unpaired) electrons. The van der Waals surface area contributed by atoms with Gasteiger partial charge in [0.1, 0.15) is 5.88 Å². The van der Waals surface area contributed by atoms with Crippen LogP contribution in [0, 0.1) is 0 Å². The van der Waals surface area contributed by atoms with E-state index in [1.165, 1.54) is 5.56 Å². The van der Waals surface area contributed by atoms with Crippen LogP contribution in [0.4, 0.5) is 0 Å². The van der Waals surface area contributed by atoms with Crippen LogP contribution in [-0.4, -0.2) is 37.5 Å². The standard InChI is InChI=1S/C19H20ClNO3/c1-23-16-10-14-8-9-21(18(22)12-20)19(13-6-4-3-5-7-13)15(14)11-17(16)24-2/h3-7,10-11,19H,8-9,12H2,1-2H3/t19-/m0/s1. The Bertz CT molecular complexity index is 733. The van der Waals surface area contributed by atoms with Crippen LogP contribution in [0.15, 0.2) is 42.5 Å². The van der Waals surface area contributed by atoms with E-state index in [1.807, 2.05) is 47.4 Å². The number of benzene rings is 2. The monoisotopic (exact) mass is 345 g/mol. The molecule has 1 atom stereocenters. The van der Waals surface area contributed by atoms with Crippen molar-refractivity contribution in [3.8, 4) is 11.5 Å². The molecular formula is C19H20ClNO3. The first kappa shape index (κ1) is 16.7. The summed E-state index contributed by atoms with van der Waals surface area (Å²) in [5.41, 5.74) is 3.29. The van der Waals surface area contributed by atoms with Crippen LogP contribution in [0.25, 0.3) is 0 Å². The van der Waals surface area contributed by atoms with Gasteiger partial charge in [0.2, 0.25) is 5.91 Å². The van der Waals surface area contributed by atoms with Crippen molar-refractivity contribution < 1.29 is 14.3 Å². The summed E-state index contributed by atoms with van der Waals surface area (Å²) in [4.78, 5) is 14.2. The summed E-state index contributed by atoms with van der Waals surface area (Å²) >= 11 is 5.84. The molecule has 4 nitrogen and oxygen atoms in total. The highest BCUT2D eigenvalue weighted by Crippen LogP contribution is 2.41. The minimum absolute atomic E-state index is 0.0219. The van der Waals surface area contributed by atoms with Crippen molar-refractivity contribution in [1.82, 2.24) is 4.90 Å². The van der Waals surface area contributed by atoms with Crippen molar-refractivity contribution in [1.29, 1.82) is 0 Å². The first-order valence-electron chi connectivity index (χ1n) is 7.84. The number of carbonyl (C=O) groups excluding carboxylic acids is 1. The lowest BCUT2D eigenvalue weighted by atomic mass is 9.87. The van der Waals surface area contributed by atoms with Gasteiger partial charge < -0.3 is 14.4 Å². The van der Waals surface area contributed by atoms with Gasteiger partial charge in [-0.15, -0.1) is 11.6 Å². The average Bonchev–Trinajstić information content (AvgIpc) is 2.65. The molecule has 0 spiro atoms. The van der Waals surface area contributed by atoms with Crippen molar-refractivity contribution in [3.63, 3.8) is 0 Å². The van der Waals surface area contributed by atoms with Crippen LogP contribution in [0.1, 0.15) is 22.7 Å². The normalized spacial score (nSPS) is 16.5. The topological polar surface area (TPSA) is 38.8 Å². The number of hydrogen-bond acceptors (Lipinski definition) is 3. The molecule has 24 heavy (non-hydrogen) atoms. The number of rotatable bonds is 4. The fourth-order valence-corrected chi connectivity index (χ4v) is 3.44. The quantitative estimate of drug-likeness (QED) is 0.797. The van der Waals surface area contributed by atoms with Crippen molar-refractivity contribution in [3.05, 3.63) is 59.2 Å². The van der Waals surface area contributed by atoms with E-state index in [1.54, 1.807) is 14.2 Å². The Balaban J connectivity index is 2.15. The number of hydrogen-bond donors (Lipinski definition) is 0. The molecule has 0 N–H and O–H groups in total. The first-order valence-corrected chi connectivity index (χ1v) is 8.38. The van der Waals surface area contributed by atoms with Crippen LogP contribution in [-0.2, 0) is 11.2 Å².